The molecule has 13 heavy (non-hydrogen) atoms. The SMILES string of the molecule is NCc1c(F)ccc2c1COCO2. The predicted molar refractivity (Wildman–Crippen MR) is 44.6 cm³/mol. The van der Waals surface area contributed by atoms with E-state index in [0.717, 1.165) is 5.56 Å². The number of fused-ring (bicyclic) bond motifs is 1. The molecule has 70 valence electrons. The monoisotopic (exact) mass is 183 g/mol. The highest BCUT2D eigenvalue weighted by Crippen LogP contribution is 2.28. The predicted octanol–water partition coefficient (Wildman–Crippen LogP) is 1.15. The zero-order chi connectivity index (χ0) is 9.26. The third kappa shape index (κ3) is 1.38. The van der Waals surface area contributed by atoms with Crippen LogP contribution in [0, 0.1) is 5.82 Å². The van der Waals surface area contributed by atoms with Crippen LogP contribution in [0.3, 0.4) is 0 Å². The van der Waals surface area contributed by atoms with Crippen LogP contribution in [0.1, 0.15) is 11.1 Å². The van der Waals surface area contributed by atoms with Gasteiger partial charge in [-0.2, -0.15) is 0 Å². The summed E-state index contributed by atoms with van der Waals surface area (Å²) in [5.74, 6) is 0.378. The van der Waals surface area contributed by atoms with Crippen molar-refractivity contribution >= 4 is 0 Å². The van der Waals surface area contributed by atoms with Crippen molar-refractivity contribution < 1.29 is 13.9 Å². The molecule has 3 nitrogen and oxygen atoms in total. The van der Waals surface area contributed by atoms with Crippen LogP contribution < -0.4 is 10.5 Å². The fraction of sp³-hybridized carbons (Fsp3) is 0.333. The number of hydrogen-bond donors (Lipinski definition) is 1. The molecular formula is C9H10FNO2. The van der Waals surface area contributed by atoms with Gasteiger partial charge in [0.2, 0.25) is 0 Å². The molecule has 0 unspecified atom stereocenters. The summed E-state index contributed by atoms with van der Waals surface area (Å²) in [6.07, 6.45) is 0. The Morgan fingerprint density at radius 1 is 1.46 bits per heavy atom. The Hall–Kier alpha value is -1.13. The van der Waals surface area contributed by atoms with Crippen molar-refractivity contribution in [2.45, 2.75) is 13.2 Å². The van der Waals surface area contributed by atoms with E-state index >= 15 is 0 Å². The maximum Gasteiger partial charge on any atom is 0.189 e. The van der Waals surface area contributed by atoms with Crippen molar-refractivity contribution in [3.05, 3.63) is 29.1 Å². The highest BCUT2D eigenvalue weighted by atomic mass is 19.1. The molecule has 1 aliphatic rings. The Labute approximate surface area is 75.3 Å². The van der Waals surface area contributed by atoms with Gasteiger partial charge in [-0.3, -0.25) is 0 Å². The number of rotatable bonds is 1. The minimum atomic E-state index is -0.296. The Bertz CT molecular complexity index is 328. The Morgan fingerprint density at radius 2 is 2.31 bits per heavy atom. The van der Waals surface area contributed by atoms with Crippen LogP contribution in [0.25, 0.3) is 0 Å². The van der Waals surface area contributed by atoms with E-state index in [0.29, 0.717) is 17.9 Å². The maximum atomic E-state index is 13.2. The topological polar surface area (TPSA) is 44.5 Å². The molecule has 0 aliphatic carbocycles. The van der Waals surface area contributed by atoms with Crippen LogP contribution in [0.2, 0.25) is 0 Å². The lowest BCUT2D eigenvalue weighted by molar-refractivity contribution is -0.0170. The number of ether oxygens (including phenoxy) is 2. The normalized spacial score (nSPS) is 14.9. The van der Waals surface area contributed by atoms with Gasteiger partial charge in [-0.15, -0.1) is 0 Å². The molecule has 0 saturated heterocycles. The Balaban J connectivity index is 2.52. The molecule has 2 rings (SSSR count). The first-order valence-electron chi connectivity index (χ1n) is 4.04. The van der Waals surface area contributed by atoms with Gasteiger partial charge in [-0.05, 0) is 12.1 Å². The Morgan fingerprint density at radius 3 is 3.08 bits per heavy atom. The van der Waals surface area contributed by atoms with Gasteiger partial charge in [0.25, 0.3) is 0 Å². The van der Waals surface area contributed by atoms with E-state index in [1.165, 1.54) is 6.07 Å². The van der Waals surface area contributed by atoms with Gasteiger partial charge in [-0.25, -0.2) is 4.39 Å². The zero-order valence-corrected chi connectivity index (χ0v) is 7.05. The molecule has 0 atom stereocenters. The number of hydrogen-bond acceptors (Lipinski definition) is 3. The summed E-state index contributed by atoms with van der Waals surface area (Å²) in [6, 6.07) is 2.97. The van der Waals surface area contributed by atoms with Crippen molar-refractivity contribution in [1.82, 2.24) is 0 Å². The lowest BCUT2D eigenvalue weighted by atomic mass is 10.1. The van der Waals surface area contributed by atoms with E-state index in [-0.39, 0.29) is 19.2 Å². The summed E-state index contributed by atoms with van der Waals surface area (Å²) < 4.78 is 23.4. The molecule has 0 radical (unpaired) electrons. The third-order valence-corrected chi connectivity index (χ3v) is 2.08. The standard InChI is InChI=1S/C9H10FNO2/c10-8-1-2-9-7(6(8)3-11)4-12-5-13-9/h1-2H,3-5,11H2. The summed E-state index contributed by atoms with van der Waals surface area (Å²) in [6.45, 7) is 0.768. The van der Waals surface area contributed by atoms with Gasteiger partial charge >= 0.3 is 0 Å². The van der Waals surface area contributed by atoms with Crippen LogP contribution in [-0.2, 0) is 17.9 Å². The van der Waals surface area contributed by atoms with Gasteiger partial charge in [0.1, 0.15) is 11.6 Å². The van der Waals surface area contributed by atoms with Crippen LogP contribution in [0.4, 0.5) is 4.39 Å². The maximum absolute atomic E-state index is 13.2. The lowest BCUT2D eigenvalue weighted by Crippen LogP contribution is -2.15. The summed E-state index contributed by atoms with van der Waals surface area (Å²) in [5, 5.41) is 0. The fourth-order valence-corrected chi connectivity index (χ4v) is 1.41. The van der Waals surface area contributed by atoms with Gasteiger partial charge < -0.3 is 15.2 Å². The molecule has 1 aromatic carbocycles. The molecule has 1 aromatic rings. The van der Waals surface area contributed by atoms with Gasteiger partial charge in [0.15, 0.2) is 6.79 Å². The van der Waals surface area contributed by atoms with Crippen LogP contribution in [0.5, 0.6) is 5.75 Å². The second-order valence-electron chi connectivity index (χ2n) is 2.82. The minimum absolute atomic E-state index is 0.168. The van der Waals surface area contributed by atoms with Gasteiger partial charge in [-0.1, -0.05) is 0 Å². The van der Waals surface area contributed by atoms with Crippen molar-refractivity contribution in [2.75, 3.05) is 6.79 Å². The van der Waals surface area contributed by atoms with E-state index in [2.05, 4.69) is 0 Å². The second-order valence-corrected chi connectivity index (χ2v) is 2.82. The van der Waals surface area contributed by atoms with E-state index in [4.69, 9.17) is 15.2 Å². The van der Waals surface area contributed by atoms with Crippen molar-refractivity contribution in [1.29, 1.82) is 0 Å². The molecule has 1 aliphatic heterocycles. The van der Waals surface area contributed by atoms with E-state index in [1.807, 2.05) is 0 Å². The summed E-state index contributed by atoms with van der Waals surface area (Å²) >= 11 is 0. The molecule has 4 heteroatoms. The average Bonchev–Trinajstić information content (AvgIpc) is 2.18. The first-order chi connectivity index (χ1) is 6.33. The molecular weight excluding hydrogens is 173 g/mol. The van der Waals surface area contributed by atoms with Crippen molar-refractivity contribution in [3.63, 3.8) is 0 Å². The number of halogens is 1. The smallest absolute Gasteiger partial charge is 0.189 e. The lowest BCUT2D eigenvalue weighted by Gasteiger charge is -2.20. The minimum Gasteiger partial charge on any atom is -0.467 e. The summed E-state index contributed by atoms with van der Waals surface area (Å²) in [4.78, 5) is 0. The quantitative estimate of drug-likeness (QED) is 0.710. The van der Waals surface area contributed by atoms with Crippen molar-refractivity contribution in [2.24, 2.45) is 5.73 Å². The van der Waals surface area contributed by atoms with Gasteiger partial charge in [0, 0.05) is 17.7 Å². The number of benzene rings is 1. The van der Waals surface area contributed by atoms with Crippen LogP contribution in [0.15, 0.2) is 12.1 Å². The van der Waals surface area contributed by atoms with E-state index in [9.17, 15) is 4.39 Å². The second kappa shape index (κ2) is 3.32. The first-order valence-corrected chi connectivity index (χ1v) is 4.04. The van der Waals surface area contributed by atoms with Gasteiger partial charge in [0.05, 0.1) is 6.61 Å². The fourth-order valence-electron chi connectivity index (χ4n) is 1.41. The number of nitrogens with two attached hydrogens (primary N) is 1. The Kier molecular flexibility index (Phi) is 2.16. The highest BCUT2D eigenvalue weighted by molar-refractivity contribution is 5.41. The zero-order valence-electron chi connectivity index (χ0n) is 7.05. The molecule has 0 aromatic heterocycles. The average molecular weight is 183 g/mol. The largest absolute Gasteiger partial charge is 0.467 e. The van der Waals surface area contributed by atoms with E-state index < -0.39 is 0 Å². The molecule has 1 heterocycles. The molecule has 0 spiro atoms. The summed E-state index contributed by atoms with van der Waals surface area (Å²) in [7, 11) is 0. The molecule has 0 fully saturated rings. The molecule has 0 saturated carbocycles. The highest BCUT2D eigenvalue weighted by Gasteiger charge is 2.16. The van der Waals surface area contributed by atoms with Crippen LogP contribution >= 0.6 is 0 Å². The van der Waals surface area contributed by atoms with E-state index in [1.54, 1.807) is 6.07 Å². The summed E-state index contributed by atoms with van der Waals surface area (Å²) in [5.41, 5.74) is 6.64. The molecule has 0 bridgehead atoms. The first kappa shape index (κ1) is 8.47. The van der Waals surface area contributed by atoms with Crippen molar-refractivity contribution in [3.8, 4) is 5.75 Å². The molecule has 2 N–H and O–H groups in total. The van der Waals surface area contributed by atoms with Crippen LogP contribution in [-0.4, -0.2) is 6.79 Å². The molecule has 0 amide bonds. The third-order valence-electron chi connectivity index (χ3n) is 2.08.